The molecule has 0 spiro atoms. The number of nitrogens with zero attached hydrogens (tertiary/aromatic N) is 2. The zero-order valence-electron chi connectivity index (χ0n) is 8.76. The molecule has 1 unspecified atom stereocenters. The van der Waals surface area contributed by atoms with Crippen LogP contribution in [0.15, 0.2) is 36.7 Å². The minimum Gasteiger partial charge on any atom is -0.389 e. The number of aromatic nitrogens is 2. The van der Waals surface area contributed by atoms with Crippen molar-refractivity contribution in [3.05, 3.63) is 47.2 Å². The molecule has 0 fully saturated rings. The summed E-state index contributed by atoms with van der Waals surface area (Å²) in [6.45, 7) is 1.68. The van der Waals surface area contributed by atoms with Gasteiger partial charge in [0.15, 0.2) is 5.82 Å². The molecule has 0 aliphatic rings. The van der Waals surface area contributed by atoms with Crippen molar-refractivity contribution in [2.75, 3.05) is 0 Å². The summed E-state index contributed by atoms with van der Waals surface area (Å²) < 4.78 is 0. The van der Waals surface area contributed by atoms with Crippen LogP contribution in [0.1, 0.15) is 18.6 Å². The van der Waals surface area contributed by atoms with Gasteiger partial charge in [-0.15, -0.1) is 0 Å². The maximum atomic E-state index is 9.33. The minimum atomic E-state index is -0.548. The van der Waals surface area contributed by atoms with Gasteiger partial charge in [-0.25, -0.2) is 9.97 Å². The number of aliphatic hydroxyl groups excluding tert-OH is 1. The zero-order valence-corrected chi connectivity index (χ0v) is 9.52. The van der Waals surface area contributed by atoms with Crippen LogP contribution in [0.4, 0.5) is 0 Å². The molecule has 1 aromatic heterocycles. The van der Waals surface area contributed by atoms with E-state index in [-0.39, 0.29) is 0 Å². The van der Waals surface area contributed by atoms with E-state index in [2.05, 4.69) is 9.97 Å². The van der Waals surface area contributed by atoms with Gasteiger partial charge in [-0.3, -0.25) is 0 Å². The molecule has 4 heteroatoms. The van der Waals surface area contributed by atoms with Gasteiger partial charge < -0.3 is 5.11 Å². The van der Waals surface area contributed by atoms with Gasteiger partial charge in [0.1, 0.15) is 0 Å². The molecule has 0 amide bonds. The van der Waals surface area contributed by atoms with Crippen LogP contribution in [0.2, 0.25) is 5.02 Å². The van der Waals surface area contributed by atoms with Crippen LogP contribution < -0.4 is 0 Å². The quantitative estimate of drug-likeness (QED) is 0.869. The molecule has 2 aromatic rings. The fourth-order valence-electron chi connectivity index (χ4n) is 1.33. The molecule has 1 atom stereocenters. The highest BCUT2D eigenvalue weighted by Gasteiger charge is 2.04. The summed E-state index contributed by atoms with van der Waals surface area (Å²) in [5, 5.41) is 9.98. The van der Waals surface area contributed by atoms with Crippen LogP contribution >= 0.6 is 11.6 Å². The molecular formula is C12H11ClN2O. The molecule has 0 bridgehead atoms. The second kappa shape index (κ2) is 4.60. The van der Waals surface area contributed by atoms with Crippen LogP contribution in [0.25, 0.3) is 11.4 Å². The predicted octanol–water partition coefficient (Wildman–Crippen LogP) is 2.85. The largest absolute Gasteiger partial charge is 0.389 e. The third-order valence-corrected chi connectivity index (χ3v) is 2.47. The Morgan fingerprint density at radius 2 is 1.94 bits per heavy atom. The fraction of sp³-hybridized carbons (Fsp3) is 0.167. The highest BCUT2D eigenvalue weighted by molar-refractivity contribution is 6.30. The zero-order chi connectivity index (χ0) is 11.5. The first-order valence-corrected chi connectivity index (χ1v) is 5.30. The molecule has 2 rings (SSSR count). The van der Waals surface area contributed by atoms with Gasteiger partial charge in [-0.2, -0.15) is 0 Å². The third-order valence-electron chi connectivity index (χ3n) is 2.24. The number of hydrogen-bond acceptors (Lipinski definition) is 3. The van der Waals surface area contributed by atoms with E-state index in [4.69, 9.17) is 11.6 Å². The first kappa shape index (κ1) is 11.0. The molecule has 16 heavy (non-hydrogen) atoms. The van der Waals surface area contributed by atoms with Gasteiger partial charge in [-0.05, 0) is 19.1 Å². The Morgan fingerprint density at radius 3 is 2.50 bits per heavy atom. The smallest absolute Gasteiger partial charge is 0.159 e. The number of hydrogen-bond donors (Lipinski definition) is 1. The molecule has 1 heterocycles. The molecule has 1 aromatic carbocycles. The van der Waals surface area contributed by atoms with E-state index >= 15 is 0 Å². The van der Waals surface area contributed by atoms with Crippen LogP contribution in [0, 0.1) is 0 Å². The molecule has 0 radical (unpaired) electrons. The van der Waals surface area contributed by atoms with Crippen LogP contribution in [-0.4, -0.2) is 15.1 Å². The van der Waals surface area contributed by atoms with Crippen molar-refractivity contribution in [3.8, 4) is 11.4 Å². The van der Waals surface area contributed by atoms with Gasteiger partial charge in [0.05, 0.1) is 6.10 Å². The topological polar surface area (TPSA) is 46.0 Å². The number of benzene rings is 1. The van der Waals surface area contributed by atoms with Gasteiger partial charge in [0.25, 0.3) is 0 Å². The highest BCUT2D eigenvalue weighted by Crippen LogP contribution is 2.19. The Morgan fingerprint density at radius 1 is 1.25 bits per heavy atom. The molecule has 3 nitrogen and oxygen atoms in total. The van der Waals surface area contributed by atoms with Crippen molar-refractivity contribution in [1.29, 1.82) is 0 Å². The van der Waals surface area contributed by atoms with Gasteiger partial charge >= 0.3 is 0 Å². The standard InChI is InChI=1S/C12H11ClN2O/c1-8(16)10-6-14-12(15-7-10)9-3-2-4-11(13)5-9/h2-8,16H,1H3. The van der Waals surface area contributed by atoms with Crippen molar-refractivity contribution in [1.82, 2.24) is 9.97 Å². The highest BCUT2D eigenvalue weighted by atomic mass is 35.5. The van der Waals surface area contributed by atoms with Gasteiger partial charge in [0.2, 0.25) is 0 Å². The monoisotopic (exact) mass is 234 g/mol. The lowest BCUT2D eigenvalue weighted by Gasteiger charge is -2.04. The number of rotatable bonds is 2. The Hall–Kier alpha value is -1.45. The Labute approximate surface area is 98.8 Å². The summed E-state index contributed by atoms with van der Waals surface area (Å²) in [5.41, 5.74) is 1.57. The maximum Gasteiger partial charge on any atom is 0.159 e. The van der Waals surface area contributed by atoms with E-state index in [1.807, 2.05) is 12.1 Å². The predicted molar refractivity (Wildman–Crippen MR) is 63.1 cm³/mol. The lowest BCUT2D eigenvalue weighted by Crippen LogP contribution is -1.95. The molecular weight excluding hydrogens is 224 g/mol. The summed E-state index contributed by atoms with van der Waals surface area (Å²) in [5.74, 6) is 0.604. The normalized spacial score (nSPS) is 12.4. The van der Waals surface area contributed by atoms with E-state index < -0.39 is 6.10 Å². The Bertz CT molecular complexity index is 483. The molecule has 82 valence electrons. The second-order valence-corrected chi connectivity index (χ2v) is 3.96. The summed E-state index contributed by atoms with van der Waals surface area (Å²) in [6.07, 6.45) is 2.69. The molecule has 1 N–H and O–H groups in total. The summed E-state index contributed by atoms with van der Waals surface area (Å²) in [7, 11) is 0. The first-order valence-electron chi connectivity index (χ1n) is 4.93. The number of aliphatic hydroxyl groups is 1. The molecule has 0 aliphatic carbocycles. The van der Waals surface area contributed by atoms with E-state index in [1.54, 1.807) is 31.5 Å². The summed E-state index contributed by atoms with van der Waals surface area (Å²) >= 11 is 5.88. The average Bonchev–Trinajstić information content (AvgIpc) is 2.29. The summed E-state index contributed by atoms with van der Waals surface area (Å²) in [6, 6.07) is 7.35. The Kier molecular flexibility index (Phi) is 3.17. The molecule has 0 saturated heterocycles. The van der Waals surface area contributed by atoms with Crippen molar-refractivity contribution < 1.29 is 5.11 Å². The molecule has 0 saturated carbocycles. The van der Waals surface area contributed by atoms with Crippen molar-refractivity contribution >= 4 is 11.6 Å². The van der Waals surface area contributed by atoms with E-state index in [1.165, 1.54) is 0 Å². The second-order valence-electron chi connectivity index (χ2n) is 3.53. The van der Waals surface area contributed by atoms with E-state index in [0.29, 0.717) is 16.4 Å². The van der Waals surface area contributed by atoms with Gasteiger partial charge in [0, 0.05) is 28.5 Å². The number of halogens is 1. The average molecular weight is 235 g/mol. The van der Waals surface area contributed by atoms with E-state index in [9.17, 15) is 5.11 Å². The Balaban J connectivity index is 2.35. The van der Waals surface area contributed by atoms with Crippen LogP contribution in [-0.2, 0) is 0 Å². The SMILES string of the molecule is CC(O)c1cnc(-c2cccc(Cl)c2)nc1. The van der Waals surface area contributed by atoms with Gasteiger partial charge in [-0.1, -0.05) is 23.7 Å². The van der Waals surface area contributed by atoms with Crippen molar-refractivity contribution in [2.45, 2.75) is 13.0 Å². The first-order chi connectivity index (χ1) is 7.66. The van der Waals surface area contributed by atoms with Crippen LogP contribution in [0.5, 0.6) is 0 Å². The molecule has 0 aliphatic heterocycles. The fourth-order valence-corrected chi connectivity index (χ4v) is 1.52. The lowest BCUT2D eigenvalue weighted by atomic mass is 10.2. The maximum absolute atomic E-state index is 9.33. The van der Waals surface area contributed by atoms with Crippen LogP contribution in [0.3, 0.4) is 0 Å². The minimum absolute atomic E-state index is 0.548. The van der Waals surface area contributed by atoms with Crippen molar-refractivity contribution in [3.63, 3.8) is 0 Å². The van der Waals surface area contributed by atoms with Crippen molar-refractivity contribution in [2.24, 2.45) is 0 Å². The lowest BCUT2D eigenvalue weighted by molar-refractivity contribution is 0.198. The third kappa shape index (κ3) is 2.38. The summed E-state index contributed by atoms with van der Waals surface area (Å²) in [4.78, 5) is 8.36. The van der Waals surface area contributed by atoms with E-state index in [0.717, 1.165) is 5.56 Å².